The molecular formula is C24H29N5O2S. The van der Waals surface area contributed by atoms with Crippen molar-refractivity contribution in [1.82, 2.24) is 20.2 Å². The number of nitrogens with one attached hydrogen (secondary N) is 1. The van der Waals surface area contributed by atoms with Crippen LogP contribution in [0.3, 0.4) is 0 Å². The molecule has 1 aromatic heterocycles. The average molecular weight is 452 g/mol. The summed E-state index contributed by atoms with van der Waals surface area (Å²) in [5.41, 5.74) is 4.84. The summed E-state index contributed by atoms with van der Waals surface area (Å²) in [4.78, 5) is 12.5. The number of nitrogens with zero attached hydrogens (tertiary/aromatic N) is 3. The number of hydrogen-bond acceptors (Lipinski definition) is 6. The molecule has 1 aliphatic carbocycles. The Morgan fingerprint density at radius 1 is 1.16 bits per heavy atom. The van der Waals surface area contributed by atoms with Crippen LogP contribution in [0.5, 0.6) is 5.75 Å². The van der Waals surface area contributed by atoms with E-state index in [1.165, 1.54) is 40.4 Å². The van der Waals surface area contributed by atoms with Gasteiger partial charge in [-0.25, -0.2) is 4.68 Å². The number of nitrogens with two attached hydrogens (primary N) is 1. The summed E-state index contributed by atoms with van der Waals surface area (Å²) in [5.74, 6) is 7.67. The number of aryl methyl sites for hydroxylation is 2. The lowest BCUT2D eigenvalue weighted by Gasteiger charge is -2.20. The maximum atomic E-state index is 12.5. The number of thioether (sulfide) groups is 1. The maximum absolute atomic E-state index is 12.5. The van der Waals surface area contributed by atoms with E-state index in [9.17, 15) is 4.79 Å². The molecule has 4 rings (SSSR count). The number of nitrogen functional groups attached to an aromatic ring is 1. The molecule has 0 fully saturated rings. The van der Waals surface area contributed by atoms with Crippen molar-refractivity contribution in [3.05, 3.63) is 59.2 Å². The molecule has 0 saturated carbocycles. The summed E-state index contributed by atoms with van der Waals surface area (Å²) < 4.78 is 6.88. The highest BCUT2D eigenvalue weighted by Crippen LogP contribution is 2.26. The first-order valence-electron chi connectivity index (χ1n) is 11.0. The third-order valence-electron chi connectivity index (χ3n) is 5.67. The third-order valence-corrected chi connectivity index (χ3v) is 6.61. The van der Waals surface area contributed by atoms with Gasteiger partial charge >= 0.3 is 0 Å². The van der Waals surface area contributed by atoms with E-state index in [0.717, 1.165) is 29.7 Å². The highest BCUT2D eigenvalue weighted by Gasteiger charge is 2.17. The summed E-state index contributed by atoms with van der Waals surface area (Å²) in [6, 6.07) is 14.0. The lowest BCUT2D eigenvalue weighted by atomic mass is 9.89. The number of benzene rings is 2. The van der Waals surface area contributed by atoms with Gasteiger partial charge in [-0.2, -0.15) is 0 Å². The molecule has 0 radical (unpaired) electrons. The minimum Gasteiger partial charge on any atom is -0.494 e. The lowest BCUT2D eigenvalue weighted by molar-refractivity contribution is -0.119. The molecule has 1 amide bonds. The number of ether oxygens (including phenoxy) is 1. The first kappa shape index (κ1) is 22.2. The van der Waals surface area contributed by atoms with Crippen LogP contribution in [-0.2, 0) is 17.6 Å². The minimum absolute atomic E-state index is 0.0505. The fraction of sp³-hybridized carbons (Fsp3) is 0.375. The standard InChI is InChI=1S/C24H29N5O2S/c1-3-31-21-12-10-18(11-13-21)23-27-28-24(29(23)25)32-15-22(30)26-16(2)19-9-8-17-6-4-5-7-20(17)14-19/h8-14,16H,3-7,15,25H2,1-2H3,(H,26,30)/t16-/m0/s1. The topological polar surface area (TPSA) is 95.1 Å². The first-order valence-corrected chi connectivity index (χ1v) is 12.0. The first-order chi connectivity index (χ1) is 15.5. The summed E-state index contributed by atoms with van der Waals surface area (Å²) in [6.07, 6.45) is 4.79. The van der Waals surface area contributed by atoms with Crippen molar-refractivity contribution >= 4 is 17.7 Å². The van der Waals surface area contributed by atoms with Crippen LogP contribution in [0.4, 0.5) is 0 Å². The van der Waals surface area contributed by atoms with Crippen LogP contribution in [0.15, 0.2) is 47.6 Å². The number of carbonyl (C=O) groups excluding carboxylic acids is 1. The molecule has 168 valence electrons. The molecule has 3 aromatic rings. The monoisotopic (exact) mass is 451 g/mol. The van der Waals surface area contributed by atoms with Gasteiger partial charge in [-0.05, 0) is 80.5 Å². The Morgan fingerprint density at radius 2 is 1.91 bits per heavy atom. The molecule has 1 heterocycles. The van der Waals surface area contributed by atoms with Crippen molar-refractivity contribution in [2.24, 2.45) is 0 Å². The van der Waals surface area contributed by atoms with Crippen LogP contribution in [0.1, 0.15) is 49.4 Å². The molecule has 0 aliphatic heterocycles. The van der Waals surface area contributed by atoms with Crippen molar-refractivity contribution in [3.8, 4) is 17.1 Å². The van der Waals surface area contributed by atoms with E-state index in [-0.39, 0.29) is 17.7 Å². The molecule has 1 atom stereocenters. The second-order valence-corrected chi connectivity index (χ2v) is 8.89. The second kappa shape index (κ2) is 10.1. The van der Waals surface area contributed by atoms with Crippen molar-refractivity contribution < 1.29 is 9.53 Å². The summed E-state index contributed by atoms with van der Waals surface area (Å²) in [6.45, 7) is 4.57. The molecule has 2 aromatic carbocycles. The molecule has 0 saturated heterocycles. The van der Waals surface area contributed by atoms with Crippen molar-refractivity contribution in [2.75, 3.05) is 18.2 Å². The van der Waals surface area contributed by atoms with Crippen LogP contribution in [-0.4, -0.2) is 33.1 Å². The highest BCUT2D eigenvalue weighted by atomic mass is 32.2. The predicted molar refractivity (Wildman–Crippen MR) is 127 cm³/mol. The minimum atomic E-state index is -0.0640. The van der Waals surface area contributed by atoms with Crippen molar-refractivity contribution in [3.63, 3.8) is 0 Å². The van der Waals surface area contributed by atoms with Crippen LogP contribution in [0, 0.1) is 0 Å². The van der Waals surface area contributed by atoms with E-state index >= 15 is 0 Å². The summed E-state index contributed by atoms with van der Waals surface area (Å²) in [7, 11) is 0. The van der Waals surface area contributed by atoms with E-state index in [1.807, 2.05) is 38.1 Å². The molecule has 7 nitrogen and oxygen atoms in total. The predicted octanol–water partition coefficient (Wildman–Crippen LogP) is 3.91. The lowest BCUT2D eigenvalue weighted by Crippen LogP contribution is -2.28. The largest absolute Gasteiger partial charge is 0.494 e. The van der Waals surface area contributed by atoms with Gasteiger partial charge in [-0.1, -0.05) is 30.0 Å². The summed E-state index contributed by atoms with van der Waals surface area (Å²) >= 11 is 1.27. The van der Waals surface area contributed by atoms with E-state index in [1.54, 1.807) is 0 Å². The Bertz CT molecular complexity index is 1080. The van der Waals surface area contributed by atoms with Gasteiger partial charge in [0.05, 0.1) is 18.4 Å². The normalized spacial score (nSPS) is 13.9. The van der Waals surface area contributed by atoms with Crippen LogP contribution < -0.4 is 15.9 Å². The molecule has 1 aliphatic rings. The molecule has 32 heavy (non-hydrogen) atoms. The maximum Gasteiger partial charge on any atom is 0.230 e. The van der Waals surface area contributed by atoms with E-state index in [2.05, 4.69) is 33.7 Å². The zero-order valence-electron chi connectivity index (χ0n) is 18.5. The van der Waals surface area contributed by atoms with Crippen LogP contribution >= 0.6 is 11.8 Å². The number of aromatic nitrogens is 3. The fourth-order valence-electron chi connectivity index (χ4n) is 3.96. The van der Waals surface area contributed by atoms with Crippen LogP contribution in [0.25, 0.3) is 11.4 Å². The molecule has 0 spiro atoms. The number of rotatable bonds is 8. The van der Waals surface area contributed by atoms with Crippen molar-refractivity contribution in [2.45, 2.75) is 50.7 Å². The van der Waals surface area contributed by atoms with Gasteiger partial charge in [0.25, 0.3) is 0 Å². The molecule has 8 heteroatoms. The van der Waals surface area contributed by atoms with E-state index in [4.69, 9.17) is 10.6 Å². The Labute approximate surface area is 192 Å². The van der Waals surface area contributed by atoms with Gasteiger partial charge in [0.15, 0.2) is 5.82 Å². The third kappa shape index (κ3) is 5.07. The van der Waals surface area contributed by atoms with Gasteiger partial charge in [-0.3, -0.25) is 4.79 Å². The summed E-state index contributed by atoms with van der Waals surface area (Å²) in [5, 5.41) is 11.9. The number of amides is 1. The fourth-order valence-corrected chi connectivity index (χ4v) is 4.63. The Balaban J connectivity index is 1.34. The van der Waals surface area contributed by atoms with Gasteiger partial charge in [0, 0.05) is 5.56 Å². The number of fused-ring (bicyclic) bond motifs is 1. The van der Waals surface area contributed by atoms with Gasteiger partial charge in [-0.15, -0.1) is 10.2 Å². The Hall–Kier alpha value is -3.00. The Morgan fingerprint density at radius 3 is 2.66 bits per heavy atom. The average Bonchev–Trinajstić information content (AvgIpc) is 3.18. The molecule has 0 unspecified atom stereocenters. The second-order valence-electron chi connectivity index (χ2n) is 7.95. The quantitative estimate of drug-likeness (QED) is 0.398. The number of carbonyl (C=O) groups is 1. The smallest absolute Gasteiger partial charge is 0.230 e. The zero-order chi connectivity index (χ0) is 22.5. The van der Waals surface area contributed by atoms with E-state index < -0.39 is 0 Å². The molecular weight excluding hydrogens is 422 g/mol. The number of hydrogen-bond donors (Lipinski definition) is 2. The SMILES string of the molecule is CCOc1ccc(-c2nnc(SCC(=O)N[C@@H](C)c3ccc4c(c3)CCCC4)n2N)cc1. The molecule has 3 N–H and O–H groups in total. The highest BCUT2D eigenvalue weighted by molar-refractivity contribution is 7.99. The van der Waals surface area contributed by atoms with Crippen LogP contribution in [0.2, 0.25) is 0 Å². The van der Waals surface area contributed by atoms with E-state index in [0.29, 0.717) is 17.6 Å². The molecule has 0 bridgehead atoms. The van der Waals surface area contributed by atoms with Gasteiger partial charge in [0.1, 0.15) is 5.75 Å². The van der Waals surface area contributed by atoms with Crippen molar-refractivity contribution in [1.29, 1.82) is 0 Å². The van der Waals surface area contributed by atoms with Gasteiger partial charge < -0.3 is 15.9 Å². The van der Waals surface area contributed by atoms with Gasteiger partial charge in [0.2, 0.25) is 11.1 Å². The zero-order valence-corrected chi connectivity index (χ0v) is 19.3. The Kier molecular flexibility index (Phi) is 6.99.